The number of halogens is 2. The molecule has 1 aliphatic carbocycles. The zero-order chi connectivity index (χ0) is 14.8. The summed E-state index contributed by atoms with van der Waals surface area (Å²) in [4.78, 5) is 2.41. The Morgan fingerprint density at radius 2 is 1.90 bits per heavy atom. The summed E-state index contributed by atoms with van der Waals surface area (Å²) in [5.74, 6) is 0.433. The Morgan fingerprint density at radius 1 is 1.24 bits per heavy atom. The number of piperazine rings is 1. The van der Waals surface area contributed by atoms with E-state index in [0.717, 1.165) is 31.7 Å². The molecule has 2 N–H and O–H groups in total. The topological polar surface area (TPSA) is 35.5 Å². The van der Waals surface area contributed by atoms with Gasteiger partial charge in [0.2, 0.25) is 0 Å². The summed E-state index contributed by atoms with van der Waals surface area (Å²) in [5.41, 5.74) is 0.746. The SMILES string of the molecule is Oc1c(Br)cc(F)cc1[C@@H](C1CCCC1)N1CCNCC1. The second kappa shape index (κ2) is 6.63. The van der Waals surface area contributed by atoms with E-state index in [1.54, 1.807) is 0 Å². The molecule has 3 rings (SSSR count). The van der Waals surface area contributed by atoms with Gasteiger partial charge in [0.1, 0.15) is 11.6 Å². The number of aromatic hydroxyl groups is 1. The van der Waals surface area contributed by atoms with E-state index in [1.807, 2.05) is 0 Å². The third-order valence-electron chi connectivity index (χ3n) is 4.77. The lowest BCUT2D eigenvalue weighted by Gasteiger charge is -2.39. The molecule has 1 atom stereocenters. The number of nitrogens with zero attached hydrogens (tertiary/aromatic N) is 1. The first kappa shape index (κ1) is 15.3. The van der Waals surface area contributed by atoms with Gasteiger partial charge in [-0.3, -0.25) is 4.90 Å². The van der Waals surface area contributed by atoms with E-state index >= 15 is 0 Å². The zero-order valence-corrected chi connectivity index (χ0v) is 13.7. The number of nitrogens with one attached hydrogen (secondary N) is 1. The normalized spacial score (nSPS) is 22.6. The van der Waals surface area contributed by atoms with E-state index in [0.29, 0.717) is 10.4 Å². The van der Waals surface area contributed by atoms with Crippen molar-refractivity contribution in [1.29, 1.82) is 0 Å². The second-order valence-electron chi connectivity index (χ2n) is 6.10. The molecule has 1 saturated carbocycles. The lowest BCUT2D eigenvalue weighted by molar-refractivity contribution is 0.123. The molecule has 5 heteroatoms. The number of benzene rings is 1. The Morgan fingerprint density at radius 3 is 2.57 bits per heavy atom. The number of phenols is 1. The van der Waals surface area contributed by atoms with Crippen LogP contribution in [0.5, 0.6) is 5.75 Å². The monoisotopic (exact) mass is 356 g/mol. The van der Waals surface area contributed by atoms with Gasteiger partial charge in [-0.15, -0.1) is 0 Å². The van der Waals surface area contributed by atoms with E-state index in [4.69, 9.17) is 0 Å². The Hall–Kier alpha value is -0.650. The molecule has 0 bridgehead atoms. The highest BCUT2D eigenvalue weighted by molar-refractivity contribution is 9.10. The van der Waals surface area contributed by atoms with Crippen molar-refractivity contribution in [3.05, 3.63) is 28.0 Å². The summed E-state index contributed by atoms with van der Waals surface area (Å²) >= 11 is 3.28. The molecule has 1 aliphatic heterocycles. The fourth-order valence-corrected chi connectivity index (χ4v) is 4.24. The predicted octanol–water partition coefficient (Wildman–Crippen LogP) is 3.43. The maximum Gasteiger partial charge on any atom is 0.134 e. The predicted molar refractivity (Wildman–Crippen MR) is 84.9 cm³/mol. The minimum atomic E-state index is -0.284. The van der Waals surface area contributed by atoms with Crippen LogP contribution in [0, 0.1) is 11.7 Å². The van der Waals surface area contributed by atoms with Crippen molar-refractivity contribution in [3.63, 3.8) is 0 Å². The molecule has 0 amide bonds. The number of phenolic OH excluding ortho intramolecular Hbond substituents is 1. The van der Waals surface area contributed by atoms with Crippen LogP contribution in [0.2, 0.25) is 0 Å². The summed E-state index contributed by atoms with van der Waals surface area (Å²) in [5, 5.41) is 13.8. The van der Waals surface area contributed by atoms with Crippen LogP contribution in [-0.4, -0.2) is 36.2 Å². The molecule has 1 heterocycles. The Balaban J connectivity index is 1.97. The molecule has 2 aliphatic rings. The van der Waals surface area contributed by atoms with Crippen LogP contribution >= 0.6 is 15.9 Å². The van der Waals surface area contributed by atoms with Gasteiger partial charge in [0.15, 0.2) is 0 Å². The number of hydrogen-bond donors (Lipinski definition) is 2. The standard InChI is InChI=1S/C16H22BrFN2O/c17-14-10-12(18)9-13(16(14)21)15(11-3-1-2-4-11)20-7-5-19-6-8-20/h9-11,15,19,21H,1-8H2/t15-/m1/s1. The molecule has 2 fully saturated rings. The molecule has 0 spiro atoms. The summed E-state index contributed by atoms with van der Waals surface area (Å²) in [6.07, 6.45) is 4.82. The Kier molecular flexibility index (Phi) is 4.82. The zero-order valence-electron chi connectivity index (χ0n) is 12.1. The fraction of sp³-hybridized carbons (Fsp3) is 0.625. The lowest BCUT2D eigenvalue weighted by Crippen LogP contribution is -2.46. The molecule has 0 radical (unpaired) electrons. The van der Waals surface area contributed by atoms with Crippen LogP contribution in [0.1, 0.15) is 37.3 Å². The fourth-order valence-electron chi connectivity index (χ4n) is 3.79. The third kappa shape index (κ3) is 3.25. The van der Waals surface area contributed by atoms with E-state index in [9.17, 15) is 9.50 Å². The molecule has 1 saturated heterocycles. The molecule has 0 aromatic heterocycles. The van der Waals surface area contributed by atoms with Crippen molar-refractivity contribution < 1.29 is 9.50 Å². The smallest absolute Gasteiger partial charge is 0.134 e. The average molecular weight is 357 g/mol. The second-order valence-corrected chi connectivity index (χ2v) is 6.96. The van der Waals surface area contributed by atoms with Crippen molar-refractivity contribution >= 4 is 15.9 Å². The molecule has 0 unspecified atom stereocenters. The lowest BCUT2D eigenvalue weighted by atomic mass is 9.89. The minimum Gasteiger partial charge on any atom is -0.506 e. The van der Waals surface area contributed by atoms with Gasteiger partial charge in [-0.2, -0.15) is 0 Å². The van der Waals surface area contributed by atoms with Crippen molar-refractivity contribution in [3.8, 4) is 5.75 Å². The highest BCUT2D eigenvalue weighted by Gasteiger charge is 2.34. The van der Waals surface area contributed by atoms with Crippen LogP contribution in [-0.2, 0) is 0 Å². The van der Waals surface area contributed by atoms with E-state index in [-0.39, 0.29) is 17.6 Å². The van der Waals surface area contributed by atoms with E-state index in [1.165, 1.54) is 37.8 Å². The van der Waals surface area contributed by atoms with Crippen molar-refractivity contribution in [2.45, 2.75) is 31.7 Å². The Labute approximate surface area is 133 Å². The van der Waals surface area contributed by atoms with Gasteiger partial charge in [0.05, 0.1) is 4.47 Å². The molecule has 1 aromatic carbocycles. The third-order valence-corrected chi connectivity index (χ3v) is 5.37. The van der Waals surface area contributed by atoms with Crippen LogP contribution in [0.4, 0.5) is 4.39 Å². The van der Waals surface area contributed by atoms with E-state index in [2.05, 4.69) is 26.1 Å². The Bertz CT molecular complexity index is 499. The quantitative estimate of drug-likeness (QED) is 0.870. The molecular formula is C16H22BrFN2O. The highest BCUT2D eigenvalue weighted by Crippen LogP contribution is 2.44. The average Bonchev–Trinajstić information content (AvgIpc) is 2.99. The molecule has 1 aromatic rings. The molecule has 21 heavy (non-hydrogen) atoms. The summed E-state index contributed by atoms with van der Waals surface area (Å²) in [6.45, 7) is 3.82. The summed E-state index contributed by atoms with van der Waals surface area (Å²) in [7, 11) is 0. The van der Waals surface area contributed by atoms with Gasteiger partial charge in [-0.1, -0.05) is 12.8 Å². The summed E-state index contributed by atoms with van der Waals surface area (Å²) < 4.78 is 14.3. The first-order chi connectivity index (χ1) is 10.2. The maximum atomic E-state index is 13.9. The van der Waals surface area contributed by atoms with Gasteiger partial charge in [0, 0.05) is 37.8 Å². The van der Waals surface area contributed by atoms with E-state index < -0.39 is 0 Å². The number of hydrogen-bond acceptors (Lipinski definition) is 3. The first-order valence-electron chi connectivity index (χ1n) is 7.79. The maximum absolute atomic E-state index is 13.9. The van der Waals surface area contributed by atoms with Gasteiger partial charge >= 0.3 is 0 Å². The largest absolute Gasteiger partial charge is 0.506 e. The molecule has 3 nitrogen and oxygen atoms in total. The van der Waals surface area contributed by atoms with Crippen molar-refractivity contribution in [1.82, 2.24) is 10.2 Å². The van der Waals surface area contributed by atoms with Crippen molar-refractivity contribution in [2.24, 2.45) is 5.92 Å². The summed E-state index contributed by atoms with van der Waals surface area (Å²) in [6, 6.07) is 2.98. The van der Waals surface area contributed by atoms with Crippen LogP contribution in [0.15, 0.2) is 16.6 Å². The molecule has 116 valence electrons. The number of rotatable bonds is 3. The van der Waals surface area contributed by atoms with Crippen LogP contribution in [0.3, 0.4) is 0 Å². The van der Waals surface area contributed by atoms with Gasteiger partial charge < -0.3 is 10.4 Å². The van der Waals surface area contributed by atoms with Crippen molar-refractivity contribution in [2.75, 3.05) is 26.2 Å². The van der Waals surface area contributed by atoms with Crippen LogP contribution in [0.25, 0.3) is 0 Å². The van der Waals surface area contributed by atoms with Crippen LogP contribution < -0.4 is 5.32 Å². The minimum absolute atomic E-state index is 0.126. The highest BCUT2D eigenvalue weighted by atomic mass is 79.9. The van der Waals surface area contributed by atoms with Gasteiger partial charge in [-0.05, 0) is 46.8 Å². The van der Waals surface area contributed by atoms with Gasteiger partial charge in [-0.25, -0.2) is 4.39 Å². The van der Waals surface area contributed by atoms with Gasteiger partial charge in [0.25, 0.3) is 0 Å². The molecular weight excluding hydrogens is 335 g/mol. The first-order valence-corrected chi connectivity index (χ1v) is 8.59.